The van der Waals surface area contributed by atoms with Gasteiger partial charge >= 0.3 is 0 Å². The van der Waals surface area contributed by atoms with Gasteiger partial charge in [-0.3, -0.25) is 18.9 Å². The minimum atomic E-state index is -0.0402. The molecule has 28 heavy (non-hydrogen) atoms. The summed E-state index contributed by atoms with van der Waals surface area (Å²) in [5.74, 6) is 0.0964. The van der Waals surface area contributed by atoms with E-state index in [0.29, 0.717) is 19.6 Å². The highest BCUT2D eigenvalue weighted by Gasteiger charge is 2.22. The zero-order valence-electron chi connectivity index (χ0n) is 16.0. The van der Waals surface area contributed by atoms with Gasteiger partial charge in [-0.1, -0.05) is 25.5 Å². The fraction of sp³-hybridized carbons (Fsp3) is 0.381. The fourth-order valence-electron chi connectivity index (χ4n) is 3.59. The van der Waals surface area contributed by atoms with Crippen molar-refractivity contribution >= 4 is 22.2 Å². The molecule has 1 fully saturated rings. The maximum Gasteiger partial charge on any atom is 0.258 e. The highest BCUT2D eigenvalue weighted by molar-refractivity contribution is 7.15. The Morgan fingerprint density at radius 1 is 1.14 bits per heavy atom. The van der Waals surface area contributed by atoms with E-state index in [1.165, 1.54) is 16.9 Å². The lowest BCUT2D eigenvalue weighted by Gasteiger charge is -2.34. The van der Waals surface area contributed by atoms with E-state index in [9.17, 15) is 9.59 Å². The smallest absolute Gasteiger partial charge is 0.258 e. The van der Waals surface area contributed by atoms with Crippen molar-refractivity contribution in [3.63, 3.8) is 0 Å². The molecule has 0 unspecified atom stereocenters. The average Bonchev–Trinajstić information content (AvgIpc) is 3.18. The molecule has 1 aliphatic heterocycles. The van der Waals surface area contributed by atoms with Gasteiger partial charge in [-0.25, -0.2) is 4.98 Å². The molecule has 0 spiro atoms. The molecular weight excluding hydrogens is 372 g/mol. The highest BCUT2D eigenvalue weighted by Crippen LogP contribution is 2.13. The van der Waals surface area contributed by atoms with Crippen molar-refractivity contribution in [1.29, 1.82) is 0 Å². The molecule has 1 aromatic carbocycles. The first-order valence-electron chi connectivity index (χ1n) is 9.70. The average molecular weight is 397 g/mol. The van der Waals surface area contributed by atoms with E-state index in [-0.39, 0.29) is 11.5 Å². The number of carbonyl (C=O) groups is 1. The molecule has 1 aliphatic rings. The lowest BCUT2D eigenvalue weighted by Crippen LogP contribution is -2.48. The van der Waals surface area contributed by atoms with Crippen LogP contribution < -0.4 is 5.56 Å². The Hall–Kier alpha value is -2.51. The summed E-state index contributed by atoms with van der Waals surface area (Å²) in [6.07, 6.45) is 3.90. The van der Waals surface area contributed by atoms with Crippen molar-refractivity contribution < 1.29 is 4.79 Å². The summed E-state index contributed by atoms with van der Waals surface area (Å²) in [6, 6.07) is 9.59. The highest BCUT2D eigenvalue weighted by atomic mass is 32.1. The largest absolute Gasteiger partial charge is 0.336 e. The van der Waals surface area contributed by atoms with Gasteiger partial charge < -0.3 is 4.90 Å². The van der Waals surface area contributed by atoms with Crippen LogP contribution in [0.1, 0.15) is 35.0 Å². The number of thiazole rings is 1. The molecular formula is C21H24N4O2S. The monoisotopic (exact) mass is 396 g/mol. The molecule has 1 amide bonds. The van der Waals surface area contributed by atoms with E-state index in [1.807, 2.05) is 22.4 Å². The van der Waals surface area contributed by atoms with E-state index < -0.39 is 0 Å². The van der Waals surface area contributed by atoms with Gasteiger partial charge in [-0.15, -0.1) is 11.3 Å². The Kier molecular flexibility index (Phi) is 5.54. The summed E-state index contributed by atoms with van der Waals surface area (Å²) >= 11 is 1.46. The molecule has 0 saturated carbocycles. The van der Waals surface area contributed by atoms with Crippen LogP contribution in [0.25, 0.3) is 4.96 Å². The first-order chi connectivity index (χ1) is 13.6. The van der Waals surface area contributed by atoms with Gasteiger partial charge in [0, 0.05) is 55.9 Å². The number of benzene rings is 1. The van der Waals surface area contributed by atoms with Gasteiger partial charge in [-0.05, 0) is 24.1 Å². The summed E-state index contributed by atoms with van der Waals surface area (Å²) < 4.78 is 1.57. The molecule has 0 aliphatic carbocycles. The zero-order valence-corrected chi connectivity index (χ0v) is 16.8. The van der Waals surface area contributed by atoms with Gasteiger partial charge in [0.2, 0.25) is 0 Å². The van der Waals surface area contributed by atoms with Crippen molar-refractivity contribution in [3.8, 4) is 0 Å². The summed E-state index contributed by atoms with van der Waals surface area (Å²) in [5, 5.41) is 1.87. The number of hydrogen-bond acceptors (Lipinski definition) is 5. The van der Waals surface area contributed by atoms with Crippen LogP contribution >= 0.6 is 11.3 Å². The lowest BCUT2D eigenvalue weighted by atomic mass is 10.1. The van der Waals surface area contributed by atoms with E-state index >= 15 is 0 Å². The van der Waals surface area contributed by atoms with Crippen LogP contribution in [0.3, 0.4) is 0 Å². The second-order valence-electron chi connectivity index (χ2n) is 7.16. The maximum atomic E-state index is 12.7. The van der Waals surface area contributed by atoms with Crippen molar-refractivity contribution in [2.45, 2.75) is 26.3 Å². The van der Waals surface area contributed by atoms with Crippen LogP contribution in [-0.4, -0.2) is 51.3 Å². The summed E-state index contributed by atoms with van der Waals surface area (Å²) in [5.41, 5.74) is 2.78. The minimum Gasteiger partial charge on any atom is -0.336 e. The molecule has 0 radical (unpaired) electrons. The van der Waals surface area contributed by atoms with Crippen molar-refractivity contribution in [1.82, 2.24) is 19.2 Å². The van der Waals surface area contributed by atoms with E-state index in [4.69, 9.17) is 0 Å². The minimum absolute atomic E-state index is 0.0402. The van der Waals surface area contributed by atoms with Gasteiger partial charge in [0.05, 0.1) is 5.69 Å². The molecule has 1 saturated heterocycles. The van der Waals surface area contributed by atoms with E-state index in [0.717, 1.165) is 42.1 Å². The Morgan fingerprint density at radius 2 is 1.89 bits per heavy atom. The van der Waals surface area contributed by atoms with Crippen LogP contribution in [0.15, 0.2) is 46.7 Å². The van der Waals surface area contributed by atoms with Crippen LogP contribution in [0.5, 0.6) is 0 Å². The quantitative estimate of drug-likeness (QED) is 0.665. The Bertz CT molecular complexity index is 1020. The van der Waals surface area contributed by atoms with Crippen molar-refractivity contribution in [2.75, 3.05) is 26.2 Å². The number of nitrogens with zero attached hydrogens (tertiary/aromatic N) is 4. The normalized spacial score (nSPS) is 15.2. The van der Waals surface area contributed by atoms with Crippen LogP contribution in [-0.2, 0) is 13.0 Å². The number of aryl methyl sites for hydroxylation is 1. The van der Waals surface area contributed by atoms with E-state index in [2.05, 4.69) is 28.9 Å². The van der Waals surface area contributed by atoms with Crippen LogP contribution in [0.4, 0.5) is 0 Å². The predicted octanol–water partition coefficient (Wildman–Crippen LogP) is 2.67. The molecule has 0 N–H and O–H groups in total. The standard InChI is InChI=1S/C21H24N4O2S/c1-2-3-16-4-6-17(7-5-16)20(27)24-10-8-23(9-11-24)15-18-14-19(26)25-12-13-28-21(25)22-18/h4-7,12-14H,2-3,8-11,15H2,1H3. The lowest BCUT2D eigenvalue weighted by molar-refractivity contribution is 0.0627. The van der Waals surface area contributed by atoms with Gasteiger partial charge in [-0.2, -0.15) is 0 Å². The zero-order chi connectivity index (χ0) is 19.5. The Morgan fingerprint density at radius 3 is 2.61 bits per heavy atom. The number of amides is 1. The fourth-order valence-corrected chi connectivity index (χ4v) is 4.33. The number of aromatic nitrogens is 2. The van der Waals surface area contributed by atoms with Crippen LogP contribution in [0.2, 0.25) is 0 Å². The molecule has 3 aromatic rings. The molecule has 6 nitrogen and oxygen atoms in total. The van der Waals surface area contributed by atoms with Gasteiger partial charge in [0.1, 0.15) is 0 Å². The van der Waals surface area contributed by atoms with Crippen molar-refractivity contribution in [3.05, 3.63) is 69.1 Å². The second kappa shape index (κ2) is 8.24. The number of fused-ring (bicyclic) bond motifs is 1. The second-order valence-corrected chi connectivity index (χ2v) is 8.03. The Balaban J connectivity index is 1.35. The van der Waals surface area contributed by atoms with E-state index in [1.54, 1.807) is 16.7 Å². The molecule has 3 heterocycles. The number of piperazine rings is 1. The summed E-state index contributed by atoms with van der Waals surface area (Å²) in [4.78, 5) is 34.3. The van der Waals surface area contributed by atoms with Gasteiger partial charge in [0.25, 0.3) is 11.5 Å². The number of carbonyl (C=O) groups excluding carboxylic acids is 1. The first-order valence-corrected chi connectivity index (χ1v) is 10.6. The predicted molar refractivity (Wildman–Crippen MR) is 111 cm³/mol. The van der Waals surface area contributed by atoms with Crippen molar-refractivity contribution in [2.24, 2.45) is 0 Å². The SMILES string of the molecule is CCCc1ccc(C(=O)N2CCN(Cc3cc(=O)n4ccsc4n3)CC2)cc1. The third kappa shape index (κ3) is 4.00. The van der Waals surface area contributed by atoms with Gasteiger partial charge in [0.15, 0.2) is 4.96 Å². The molecule has 146 valence electrons. The number of rotatable bonds is 5. The summed E-state index contributed by atoms with van der Waals surface area (Å²) in [6.45, 7) is 5.74. The maximum absolute atomic E-state index is 12.7. The Labute approximate surface area is 168 Å². The molecule has 0 atom stereocenters. The third-order valence-corrected chi connectivity index (χ3v) is 5.90. The number of hydrogen-bond donors (Lipinski definition) is 0. The van der Waals surface area contributed by atoms with Crippen LogP contribution in [0, 0.1) is 0 Å². The third-order valence-electron chi connectivity index (χ3n) is 5.14. The summed E-state index contributed by atoms with van der Waals surface area (Å²) in [7, 11) is 0. The molecule has 2 aromatic heterocycles. The molecule has 0 bridgehead atoms. The molecule has 7 heteroatoms. The topological polar surface area (TPSA) is 57.9 Å². The first kappa shape index (κ1) is 18.8. The molecule has 4 rings (SSSR count).